The van der Waals surface area contributed by atoms with Crippen LogP contribution in [0.15, 0.2) is 59.5 Å². The van der Waals surface area contributed by atoms with Gasteiger partial charge in [-0.3, -0.25) is 9.69 Å². The van der Waals surface area contributed by atoms with Gasteiger partial charge < -0.3 is 9.47 Å². The quantitative estimate of drug-likeness (QED) is 0.390. The van der Waals surface area contributed by atoms with E-state index in [4.69, 9.17) is 0 Å². The average molecular weight is 509 g/mol. The van der Waals surface area contributed by atoms with Gasteiger partial charge in [-0.15, -0.1) is 0 Å². The number of carbonyl (C=O) groups excluding carboxylic acids is 1. The summed E-state index contributed by atoms with van der Waals surface area (Å²) in [6.45, 7) is 9.14. The molecule has 0 aliphatic carbocycles. The Balaban J connectivity index is 1.53. The molecule has 4 rings (SSSR count). The molecule has 0 unspecified atom stereocenters. The van der Waals surface area contributed by atoms with Crippen molar-refractivity contribution >= 4 is 27.5 Å². The zero-order valence-electron chi connectivity index (χ0n) is 19.8. The number of benzene rings is 2. The molecule has 0 radical (unpaired) electrons. The number of hydrogen-bond donors (Lipinski definition) is 0. The van der Waals surface area contributed by atoms with Gasteiger partial charge in [-0.1, -0.05) is 60.0 Å². The third-order valence-corrected chi connectivity index (χ3v) is 7.27. The van der Waals surface area contributed by atoms with Gasteiger partial charge in [0.05, 0.1) is 18.6 Å². The Bertz CT molecular complexity index is 1090. The summed E-state index contributed by atoms with van der Waals surface area (Å²) < 4.78 is 3.28. The smallest absolute Gasteiger partial charge is 0.241 e. The number of unbranched alkanes of at least 4 members (excludes halogenated alkanes) is 1. The molecule has 0 N–H and O–H groups in total. The summed E-state index contributed by atoms with van der Waals surface area (Å²) in [7, 11) is 0. The lowest BCUT2D eigenvalue weighted by atomic mass is 10.0. The number of halogens is 1. The number of anilines is 1. The molecule has 1 aliphatic rings. The number of nitrogens with zero attached hydrogens (tertiary/aromatic N) is 4. The third-order valence-electron chi connectivity index (χ3n) is 6.74. The highest BCUT2D eigenvalue weighted by atomic mass is 79.9. The first-order chi connectivity index (χ1) is 16.0. The van der Waals surface area contributed by atoms with Crippen molar-refractivity contribution in [3.63, 3.8) is 0 Å². The van der Waals surface area contributed by atoms with Gasteiger partial charge in [0.15, 0.2) is 0 Å². The summed E-state index contributed by atoms with van der Waals surface area (Å²) in [5.41, 5.74) is 5.86. The molecule has 1 amide bonds. The minimum absolute atomic E-state index is 0.176. The first-order valence-electron chi connectivity index (χ1n) is 11.8. The Labute approximate surface area is 205 Å². The molecular formula is C27H33BrN4O. The fourth-order valence-electron chi connectivity index (χ4n) is 4.59. The summed E-state index contributed by atoms with van der Waals surface area (Å²) in [6.07, 6.45) is 7.24. The zero-order chi connectivity index (χ0) is 23.4. The molecule has 1 fully saturated rings. The Morgan fingerprint density at radius 2 is 1.88 bits per heavy atom. The highest BCUT2D eigenvalue weighted by molar-refractivity contribution is 9.10. The van der Waals surface area contributed by atoms with Crippen LogP contribution in [0.1, 0.15) is 48.6 Å². The predicted octanol–water partition coefficient (Wildman–Crippen LogP) is 5.72. The van der Waals surface area contributed by atoms with Crippen molar-refractivity contribution < 1.29 is 4.79 Å². The Morgan fingerprint density at radius 1 is 1.09 bits per heavy atom. The largest absolute Gasteiger partial charge is 0.329 e. The minimum atomic E-state index is 0.176. The molecule has 1 atom stereocenters. The summed E-state index contributed by atoms with van der Waals surface area (Å²) in [6, 6.07) is 15.0. The number of aryl methyl sites for hydroxylation is 1. The number of hydrogen-bond acceptors (Lipinski definition) is 3. The molecule has 3 aromatic rings. The van der Waals surface area contributed by atoms with Gasteiger partial charge in [0.25, 0.3) is 0 Å². The van der Waals surface area contributed by atoms with E-state index in [2.05, 4.69) is 93.6 Å². The number of amides is 1. The van der Waals surface area contributed by atoms with Crippen molar-refractivity contribution in [1.82, 2.24) is 14.5 Å². The highest BCUT2D eigenvalue weighted by Gasteiger charge is 2.33. The van der Waals surface area contributed by atoms with E-state index in [1.54, 1.807) is 0 Å². The maximum absolute atomic E-state index is 13.3. The van der Waals surface area contributed by atoms with Gasteiger partial charge in [0, 0.05) is 42.0 Å². The Morgan fingerprint density at radius 3 is 2.64 bits per heavy atom. The average Bonchev–Trinajstić information content (AvgIpc) is 3.23. The van der Waals surface area contributed by atoms with E-state index in [0.29, 0.717) is 12.6 Å². The van der Waals surface area contributed by atoms with Gasteiger partial charge in [-0.05, 0) is 55.2 Å². The molecule has 174 valence electrons. The standard InChI is InChI=1S/C27H33BrN4O/c1-4-5-8-24-17-32(26-9-6-7-20(2)21(26)3)27(33)18-30(24)16-25-14-29-19-31(25)15-22-10-12-23(28)13-11-22/h6-7,9-14,19,24H,4-5,8,15-18H2,1-3H3/t24-/m0/s1. The van der Waals surface area contributed by atoms with E-state index in [1.165, 1.54) is 16.7 Å². The van der Waals surface area contributed by atoms with Gasteiger partial charge in [0.1, 0.15) is 0 Å². The number of piperazine rings is 1. The zero-order valence-corrected chi connectivity index (χ0v) is 21.4. The van der Waals surface area contributed by atoms with Crippen LogP contribution in [0, 0.1) is 13.8 Å². The van der Waals surface area contributed by atoms with Gasteiger partial charge in [-0.2, -0.15) is 0 Å². The van der Waals surface area contributed by atoms with E-state index in [0.717, 1.165) is 54.8 Å². The van der Waals surface area contributed by atoms with Crippen molar-refractivity contribution in [2.75, 3.05) is 18.0 Å². The summed E-state index contributed by atoms with van der Waals surface area (Å²) in [5, 5.41) is 0. The second kappa shape index (κ2) is 10.7. The molecule has 2 heterocycles. The van der Waals surface area contributed by atoms with Crippen LogP contribution >= 0.6 is 15.9 Å². The van der Waals surface area contributed by atoms with Crippen LogP contribution in [-0.2, 0) is 17.9 Å². The maximum atomic E-state index is 13.3. The van der Waals surface area contributed by atoms with Crippen LogP contribution in [0.2, 0.25) is 0 Å². The predicted molar refractivity (Wildman–Crippen MR) is 137 cm³/mol. The van der Waals surface area contributed by atoms with Crippen molar-refractivity contribution in [3.8, 4) is 0 Å². The SMILES string of the molecule is CCCC[C@H]1CN(c2cccc(C)c2C)C(=O)CN1Cc1cncn1Cc1ccc(Br)cc1. The highest BCUT2D eigenvalue weighted by Crippen LogP contribution is 2.28. The normalized spacial score (nSPS) is 17.0. The fourth-order valence-corrected chi connectivity index (χ4v) is 4.86. The number of carbonyl (C=O) groups is 1. The van der Waals surface area contributed by atoms with Crippen LogP contribution in [-0.4, -0.2) is 39.5 Å². The number of rotatable bonds is 8. The van der Waals surface area contributed by atoms with E-state index in [9.17, 15) is 4.79 Å². The minimum Gasteiger partial charge on any atom is -0.329 e. The van der Waals surface area contributed by atoms with Crippen LogP contribution in [0.3, 0.4) is 0 Å². The topological polar surface area (TPSA) is 41.4 Å². The van der Waals surface area contributed by atoms with Crippen molar-refractivity contribution in [2.24, 2.45) is 0 Å². The van der Waals surface area contributed by atoms with Crippen molar-refractivity contribution in [1.29, 1.82) is 0 Å². The fraction of sp³-hybridized carbons (Fsp3) is 0.407. The molecule has 0 bridgehead atoms. The number of aromatic nitrogens is 2. The lowest BCUT2D eigenvalue weighted by Gasteiger charge is -2.41. The molecule has 5 nitrogen and oxygen atoms in total. The first kappa shape index (κ1) is 23.7. The van der Waals surface area contributed by atoms with Crippen LogP contribution in [0.25, 0.3) is 0 Å². The molecule has 0 saturated carbocycles. The number of imidazole rings is 1. The second-order valence-electron chi connectivity index (χ2n) is 9.06. The van der Waals surface area contributed by atoms with Crippen LogP contribution < -0.4 is 4.90 Å². The lowest BCUT2D eigenvalue weighted by molar-refractivity contribution is -0.122. The third kappa shape index (κ3) is 5.56. The summed E-state index contributed by atoms with van der Waals surface area (Å²) in [5.74, 6) is 0.176. The molecule has 6 heteroatoms. The molecule has 1 aromatic heterocycles. The van der Waals surface area contributed by atoms with Gasteiger partial charge in [-0.25, -0.2) is 4.98 Å². The summed E-state index contributed by atoms with van der Waals surface area (Å²) >= 11 is 3.50. The monoisotopic (exact) mass is 508 g/mol. The summed E-state index contributed by atoms with van der Waals surface area (Å²) in [4.78, 5) is 22.1. The molecule has 0 spiro atoms. The lowest BCUT2D eigenvalue weighted by Crippen LogP contribution is -2.56. The Kier molecular flexibility index (Phi) is 7.66. The van der Waals surface area contributed by atoms with Gasteiger partial charge in [0.2, 0.25) is 5.91 Å². The molecular weight excluding hydrogens is 476 g/mol. The van der Waals surface area contributed by atoms with E-state index < -0.39 is 0 Å². The molecule has 2 aromatic carbocycles. The van der Waals surface area contributed by atoms with Crippen LogP contribution in [0.4, 0.5) is 5.69 Å². The molecule has 1 saturated heterocycles. The Hall–Kier alpha value is -2.44. The van der Waals surface area contributed by atoms with E-state index in [-0.39, 0.29) is 5.91 Å². The second-order valence-corrected chi connectivity index (χ2v) is 9.98. The van der Waals surface area contributed by atoms with Crippen molar-refractivity contribution in [3.05, 3.63) is 81.8 Å². The first-order valence-corrected chi connectivity index (χ1v) is 12.6. The van der Waals surface area contributed by atoms with Crippen LogP contribution in [0.5, 0.6) is 0 Å². The van der Waals surface area contributed by atoms with E-state index in [1.807, 2.05) is 17.4 Å². The van der Waals surface area contributed by atoms with E-state index >= 15 is 0 Å². The molecule has 1 aliphatic heterocycles. The van der Waals surface area contributed by atoms with Crippen molar-refractivity contribution in [2.45, 2.75) is 59.2 Å². The molecule has 33 heavy (non-hydrogen) atoms. The van der Waals surface area contributed by atoms with Gasteiger partial charge >= 0.3 is 0 Å². The maximum Gasteiger partial charge on any atom is 0.241 e.